The molecule has 0 N–H and O–H groups in total. The maximum absolute atomic E-state index is 2.54. The van der Waals surface area contributed by atoms with Crippen LogP contribution in [0.5, 0.6) is 0 Å². The first-order chi connectivity index (χ1) is 33.7. The summed E-state index contributed by atoms with van der Waals surface area (Å²) < 4.78 is 0. The van der Waals surface area contributed by atoms with Gasteiger partial charge in [0.05, 0.1) is 5.41 Å². The largest absolute Gasteiger partial charge is 0.310 e. The molecule has 0 saturated carbocycles. The van der Waals surface area contributed by atoms with Crippen molar-refractivity contribution in [3.05, 3.63) is 262 Å². The van der Waals surface area contributed by atoms with Gasteiger partial charge >= 0.3 is 0 Å². The van der Waals surface area contributed by atoms with E-state index in [1.54, 1.807) is 0 Å². The molecule has 0 amide bonds. The zero-order chi connectivity index (χ0) is 46.7. The first-order valence-corrected chi connectivity index (χ1v) is 24.3. The number of rotatable bonds is 6. The van der Waals surface area contributed by atoms with Crippen molar-refractivity contribution >= 4 is 66.4 Å². The summed E-state index contributed by atoms with van der Waals surface area (Å²) in [6, 6.07) is 78.1. The molecule has 69 heavy (non-hydrogen) atoms. The van der Waals surface area contributed by atoms with Gasteiger partial charge in [0, 0.05) is 34.1 Å². The molecule has 0 radical (unpaired) electrons. The van der Waals surface area contributed by atoms with E-state index in [1.165, 1.54) is 122 Å². The average Bonchev–Trinajstić information content (AvgIpc) is 3.83. The van der Waals surface area contributed by atoms with Crippen LogP contribution in [0, 0.1) is 41.5 Å². The minimum absolute atomic E-state index is 0.552. The van der Waals surface area contributed by atoms with Crippen molar-refractivity contribution in [2.75, 3.05) is 9.80 Å². The second-order valence-corrected chi connectivity index (χ2v) is 19.6. The summed E-state index contributed by atoms with van der Waals surface area (Å²) in [5, 5.41) is 7.46. The zero-order valence-corrected chi connectivity index (χ0v) is 40.0. The van der Waals surface area contributed by atoms with Gasteiger partial charge in [-0.3, -0.25) is 0 Å². The van der Waals surface area contributed by atoms with E-state index in [0.29, 0.717) is 0 Å². The Balaban J connectivity index is 1.08. The van der Waals surface area contributed by atoms with Gasteiger partial charge in [-0.2, -0.15) is 0 Å². The molecule has 330 valence electrons. The molecule has 0 aromatic heterocycles. The monoisotopic (exact) mass is 884 g/mol. The van der Waals surface area contributed by atoms with E-state index in [-0.39, 0.29) is 0 Å². The minimum atomic E-state index is -0.552. The average molecular weight is 885 g/mol. The number of hydrogen-bond donors (Lipinski definition) is 0. The van der Waals surface area contributed by atoms with E-state index in [1.807, 2.05) is 0 Å². The van der Waals surface area contributed by atoms with E-state index >= 15 is 0 Å². The lowest BCUT2D eigenvalue weighted by Crippen LogP contribution is -2.26. The Labute approximate surface area is 405 Å². The van der Waals surface area contributed by atoms with Crippen molar-refractivity contribution in [3.63, 3.8) is 0 Å². The number of fused-ring (bicyclic) bond motifs is 14. The van der Waals surface area contributed by atoms with Gasteiger partial charge < -0.3 is 9.80 Å². The van der Waals surface area contributed by atoms with Gasteiger partial charge in [0.1, 0.15) is 0 Å². The van der Waals surface area contributed by atoms with Gasteiger partial charge in [0.15, 0.2) is 0 Å². The second kappa shape index (κ2) is 15.4. The van der Waals surface area contributed by atoms with Gasteiger partial charge in [-0.1, -0.05) is 109 Å². The molecule has 1 spiro atoms. The molecule has 2 aliphatic rings. The van der Waals surface area contributed by atoms with E-state index < -0.39 is 5.41 Å². The van der Waals surface area contributed by atoms with Crippen LogP contribution in [0.2, 0.25) is 0 Å². The summed E-state index contributed by atoms with van der Waals surface area (Å²) in [7, 11) is 0. The SMILES string of the molecule is Cc1cc(N(c2ccccc2)c2ccc3cc4c(cc3c2)C2(c3cc5cc(N(c6ccccc6)c6cc(C)c(C)c(C)c6)ccc5cc3-4)c3ccccc3-c3c2ccc2ccccc32)cc(C)c1C. The third-order valence-electron chi connectivity index (χ3n) is 15.8. The van der Waals surface area contributed by atoms with Crippen molar-refractivity contribution in [2.45, 2.75) is 47.0 Å². The number of nitrogens with zero attached hydrogens (tertiary/aromatic N) is 2. The van der Waals surface area contributed by atoms with E-state index in [2.05, 4.69) is 258 Å². The highest BCUT2D eigenvalue weighted by Crippen LogP contribution is 2.65. The Morgan fingerprint density at radius 2 is 0.725 bits per heavy atom. The predicted octanol–water partition coefficient (Wildman–Crippen LogP) is 18.3. The topological polar surface area (TPSA) is 6.48 Å². The first kappa shape index (κ1) is 41.0. The standard InChI is InChI=1S/C67H52N2/c1-41-31-56(32-42(2)45(41)5)68(52-18-9-7-10-19-52)54-28-25-48-37-60-61-38-49-26-29-55(69(53-20-11-8-12-21-53)57-33-43(3)46(6)44(4)34-57)36-51(49)40-65(61)67(64(60)39-50(48)35-54)62-24-16-15-23-59(62)66-58-22-14-13-17-47(58)27-30-63(66)67/h7-40H,1-6H3. The fourth-order valence-electron chi connectivity index (χ4n) is 12.0. The smallest absolute Gasteiger partial charge is 0.0726 e. The zero-order valence-electron chi connectivity index (χ0n) is 40.0. The molecule has 2 heteroatoms. The Kier molecular flexibility index (Phi) is 9.17. The van der Waals surface area contributed by atoms with Crippen molar-refractivity contribution in [3.8, 4) is 22.3 Å². The molecule has 0 aliphatic heterocycles. The summed E-state index contributed by atoms with van der Waals surface area (Å²) in [4.78, 5) is 4.84. The van der Waals surface area contributed by atoms with Crippen LogP contribution in [0.25, 0.3) is 54.6 Å². The highest BCUT2D eigenvalue weighted by atomic mass is 15.1. The third kappa shape index (κ3) is 6.11. The molecule has 0 atom stereocenters. The van der Waals surface area contributed by atoms with Gasteiger partial charge in [-0.05, 0) is 249 Å². The maximum atomic E-state index is 2.54. The van der Waals surface area contributed by atoms with Crippen LogP contribution >= 0.6 is 0 Å². The van der Waals surface area contributed by atoms with E-state index in [9.17, 15) is 0 Å². The molecule has 13 rings (SSSR count). The molecule has 11 aromatic carbocycles. The number of aryl methyl sites for hydroxylation is 4. The van der Waals surface area contributed by atoms with Gasteiger partial charge in [0.25, 0.3) is 0 Å². The van der Waals surface area contributed by atoms with Crippen LogP contribution in [0.15, 0.2) is 206 Å². The number of benzene rings is 11. The van der Waals surface area contributed by atoms with Gasteiger partial charge in [-0.25, -0.2) is 0 Å². The minimum Gasteiger partial charge on any atom is -0.310 e. The molecule has 0 saturated heterocycles. The van der Waals surface area contributed by atoms with Gasteiger partial charge in [0.2, 0.25) is 0 Å². The second-order valence-electron chi connectivity index (χ2n) is 19.6. The highest BCUT2D eigenvalue weighted by Gasteiger charge is 2.52. The lowest BCUT2D eigenvalue weighted by Gasteiger charge is -2.31. The number of hydrogen-bond acceptors (Lipinski definition) is 2. The molecule has 0 bridgehead atoms. The highest BCUT2D eigenvalue weighted by molar-refractivity contribution is 6.09. The Morgan fingerprint density at radius 1 is 0.275 bits per heavy atom. The van der Waals surface area contributed by atoms with Crippen molar-refractivity contribution in [1.29, 1.82) is 0 Å². The molecule has 2 nitrogen and oxygen atoms in total. The molecular weight excluding hydrogens is 833 g/mol. The Morgan fingerprint density at radius 3 is 1.25 bits per heavy atom. The molecule has 0 fully saturated rings. The van der Waals surface area contributed by atoms with Gasteiger partial charge in [-0.15, -0.1) is 0 Å². The van der Waals surface area contributed by atoms with Crippen LogP contribution < -0.4 is 9.80 Å². The third-order valence-corrected chi connectivity index (χ3v) is 15.8. The molecule has 0 heterocycles. The summed E-state index contributed by atoms with van der Waals surface area (Å²) in [5.74, 6) is 0. The summed E-state index contributed by atoms with van der Waals surface area (Å²) in [6.07, 6.45) is 0. The van der Waals surface area contributed by atoms with Crippen LogP contribution in [0.1, 0.15) is 55.6 Å². The lowest BCUT2D eigenvalue weighted by atomic mass is 9.70. The molecule has 0 unspecified atom stereocenters. The van der Waals surface area contributed by atoms with Crippen LogP contribution in [-0.2, 0) is 5.41 Å². The quantitative estimate of drug-likeness (QED) is 0.164. The fourth-order valence-corrected chi connectivity index (χ4v) is 12.0. The predicted molar refractivity (Wildman–Crippen MR) is 293 cm³/mol. The van der Waals surface area contributed by atoms with E-state index in [4.69, 9.17) is 0 Å². The van der Waals surface area contributed by atoms with Crippen molar-refractivity contribution in [1.82, 2.24) is 0 Å². The number of para-hydroxylation sites is 2. The summed E-state index contributed by atoms with van der Waals surface area (Å²) in [6.45, 7) is 13.4. The summed E-state index contributed by atoms with van der Waals surface area (Å²) in [5.41, 5.74) is 24.8. The fraction of sp³-hybridized carbons (Fsp3) is 0.104. The van der Waals surface area contributed by atoms with Crippen LogP contribution in [0.3, 0.4) is 0 Å². The lowest BCUT2D eigenvalue weighted by molar-refractivity contribution is 0.797. The summed E-state index contributed by atoms with van der Waals surface area (Å²) >= 11 is 0. The molecular formula is C67H52N2. The Bertz CT molecular complexity index is 3680. The normalized spacial score (nSPS) is 12.9. The van der Waals surface area contributed by atoms with E-state index in [0.717, 1.165) is 22.7 Å². The Hall–Kier alpha value is -8.20. The molecule has 11 aromatic rings. The maximum Gasteiger partial charge on any atom is 0.0726 e. The molecule has 2 aliphatic carbocycles. The van der Waals surface area contributed by atoms with Crippen LogP contribution in [-0.4, -0.2) is 0 Å². The number of anilines is 6. The van der Waals surface area contributed by atoms with Crippen molar-refractivity contribution in [2.24, 2.45) is 0 Å². The first-order valence-electron chi connectivity index (χ1n) is 24.3. The van der Waals surface area contributed by atoms with Crippen LogP contribution in [0.4, 0.5) is 34.1 Å². The van der Waals surface area contributed by atoms with Crippen molar-refractivity contribution < 1.29 is 0 Å².